The fraction of sp³-hybridized carbons (Fsp3) is 0.103. The van der Waals surface area contributed by atoms with Gasteiger partial charge in [-0.05, 0) is 64.2 Å². The van der Waals surface area contributed by atoms with Crippen LogP contribution in [0.25, 0.3) is 21.5 Å². The van der Waals surface area contributed by atoms with E-state index in [0.29, 0.717) is 0 Å². The molecule has 0 bridgehead atoms. The zero-order valence-electron chi connectivity index (χ0n) is 17.1. The summed E-state index contributed by atoms with van der Waals surface area (Å²) in [7, 11) is 0. The summed E-state index contributed by atoms with van der Waals surface area (Å²) >= 11 is 0. The number of aryl methyl sites for hydroxylation is 2. The normalized spacial score (nSPS) is 13.1. The number of ether oxygens (including phenoxy) is 1. The molecule has 0 fully saturated rings. The zero-order chi connectivity index (χ0) is 20.2. The largest absolute Gasteiger partial charge is 0.457 e. The third-order valence-electron chi connectivity index (χ3n) is 6.52. The fourth-order valence-electron chi connectivity index (χ4n) is 4.87. The van der Waals surface area contributed by atoms with Crippen LogP contribution in [0.1, 0.15) is 33.7 Å². The summed E-state index contributed by atoms with van der Waals surface area (Å²) in [5.74, 6) is 2.04. The molecule has 0 amide bonds. The zero-order valence-corrected chi connectivity index (χ0v) is 17.1. The van der Waals surface area contributed by atoms with Crippen LogP contribution >= 0.6 is 0 Å². The minimum Gasteiger partial charge on any atom is -0.457 e. The van der Waals surface area contributed by atoms with E-state index in [4.69, 9.17) is 4.74 Å². The highest BCUT2D eigenvalue weighted by Crippen LogP contribution is 2.52. The third-order valence-corrected chi connectivity index (χ3v) is 6.52. The van der Waals surface area contributed by atoms with Crippen molar-refractivity contribution < 1.29 is 4.74 Å². The molecule has 0 N–H and O–H groups in total. The van der Waals surface area contributed by atoms with Gasteiger partial charge in [-0.3, -0.25) is 0 Å². The second-order valence-electron chi connectivity index (χ2n) is 8.28. The van der Waals surface area contributed by atoms with Crippen molar-refractivity contribution in [3.05, 3.63) is 119 Å². The van der Waals surface area contributed by atoms with Gasteiger partial charge in [0, 0.05) is 17.0 Å². The molecule has 5 aromatic rings. The van der Waals surface area contributed by atoms with Crippen LogP contribution in [0.5, 0.6) is 11.5 Å². The molecule has 1 heterocycles. The Balaban J connectivity index is 1.76. The first-order valence-electron chi connectivity index (χ1n) is 10.5. The van der Waals surface area contributed by atoms with Gasteiger partial charge in [-0.1, -0.05) is 78.9 Å². The van der Waals surface area contributed by atoms with Crippen LogP contribution in [0.15, 0.2) is 91.0 Å². The maximum atomic E-state index is 6.50. The number of rotatable bonds is 1. The molecule has 1 nitrogen and oxygen atoms in total. The van der Waals surface area contributed by atoms with Crippen LogP contribution in [0.2, 0.25) is 0 Å². The monoisotopic (exact) mass is 386 g/mol. The second kappa shape index (κ2) is 6.47. The van der Waals surface area contributed by atoms with Crippen LogP contribution in [0.4, 0.5) is 0 Å². The predicted molar refractivity (Wildman–Crippen MR) is 125 cm³/mol. The number of hydrogen-bond acceptors (Lipinski definition) is 1. The molecular formula is C29H22O. The van der Waals surface area contributed by atoms with Gasteiger partial charge in [0.2, 0.25) is 0 Å². The van der Waals surface area contributed by atoms with E-state index in [2.05, 4.69) is 105 Å². The quantitative estimate of drug-likeness (QED) is 0.279. The molecule has 0 aromatic heterocycles. The molecule has 5 aromatic carbocycles. The minimum atomic E-state index is 0.125. The highest BCUT2D eigenvalue weighted by Gasteiger charge is 2.32. The van der Waals surface area contributed by atoms with E-state index in [1.54, 1.807) is 0 Å². The van der Waals surface area contributed by atoms with E-state index in [9.17, 15) is 0 Å². The van der Waals surface area contributed by atoms with E-state index < -0.39 is 0 Å². The van der Waals surface area contributed by atoms with Crippen LogP contribution < -0.4 is 4.74 Å². The molecule has 0 atom stereocenters. The molecule has 0 unspecified atom stereocenters. The molecule has 1 aliphatic heterocycles. The van der Waals surface area contributed by atoms with Gasteiger partial charge in [0.05, 0.1) is 0 Å². The van der Waals surface area contributed by atoms with Crippen molar-refractivity contribution in [1.29, 1.82) is 0 Å². The van der Waals surface area contributed by atoms with Gasteiger partial charge in [-0.2, -0.15) is 0 Å². The smallest absolute Gasteiger partial charge is 0.132 e. The first-order valence-corrected chi connectivity index (χ1v) is 10.5. The van der Waals surface area contributed by atoms with E-state index in [-0.39, 0.29) is 5.92 Å². The minimum absolute atomic E-state index is 0.125. The Hall–Kier alpha value is -3.58. The van der Waals surface area contributed by atoms with Gasteiger partial charge < -0.3 is 4.74 Å². The number of benzene rings is 5. The van der Waals surface area contributed by atoms with E-state index in [0.717, 1.165) is 11.5 Å². The second-order valence-corrected chi connectivity index (χ2v) is 8.28. The van der Waals surface area contributed by atoms with Gasteiger partial charge in [0.25, 0.3) is 0 Å². The van der Waals surface area contributed by atoms with Crippen molar-refractivity contribution in [2.75, 3.05) is 0 Å². The summed E-state index contributed by atoms with van der Waals surface area (Å²) in [5.41, 5.74) is 6.49. The molecule has 0 saturated heterocycles. The Kier molecular flexibility index (Phi) is 3.73. The molecule has 144 valence electrons. The molecule has 0 saturated carbocycles. The lowest BCUT2D eigenvalue weighted by atomic mass is 9.78. The van der Waals surface area contributed by atoms with Gasteiger partial charge in [-0.25, -0.2) is 0 Å². The highest BCUT2D eigenvalue weighted by atomic mass is 16.5. The molecule has 0 aliphatic carbocycles. The van der Waals surface area contributed by atoms with Gasteiger partial charge >= 0.3 is 0 Å². The van der Waals surface area contributed by atoms with Gasteiger partial charge in [0.15, 0.2) is 0 Å². The molecule has 0 spiro atoms. The summed E-state index contributed by atoms with van der Waals surface area (Å²) < 4.78 is 6.50. The van der Waals surface area contributed by atoms with Crippen LogP contribution in [-0.2, 0) is 0 Å². The number of fused-ring (bicyclic) bond motifs is 6. The molecule has 6 rings (SSSR count). The lowest BCUT2D eigenvalue weighted by Crippen LogP contribution is -2.13. The summed E-state index contributed by atoms with van der Waals surface area (Å²) in [4.78, 5) is 0. The summed E-state index contributed by atoms with van der Waals surface area (Å²) in [6.07, 6.45) is 0. The van der Waals surface area contributed by atoms with E-state index >= 15 is 0 Å². The molecule has 30 heavy (non-hydrogen) atoms. The lowest BCUT2D eigenvalue weighted by Gasteiger charge is -2.31. The number of hydrogen-bond donors (Lipinski definition) is 0. The molecule has 1 aliphatic rings. The van der Waals surface area contributed by atoms with E-state index in [1.165, 1.54) is 49.4 Å². The van der Waals surface area contributed by atoms with Crippen LogP contribution in [0, 0.1) is 13.8 Å². The Morgan fingerprint density at radius 2 is 1.13 bits per heavy atom. The Morgan fingerprint density at radius 1 is 0.567 bits per heavy atom. The average Bonchev–Trinajstić information content (AvgIpc) is 2.79. The van der Waals surface area contributed by atoms with Crippen molar-refractivity contribution in [3.8, 4) is 11.5 Å². The van der Waals surface area contributed by atoms with Crippen molar-refractivity contribution in [3.63, 3.8) is 0 Å². The van der Waals surface area contributed by atoms with Crippen molar-refractivity contribution in [2.24, 2.45) is 0 Å². The SMILES string of the molecule is Cc1ccc(C2c3c(ccc4ccccc34)Oc3ccc4ccccc4c32)cc1C. The molecule has 0 radical (unpaired) electrons. The first kappa shape index (κ1) is 17.3. The summed E-state index contributed by atoms with van der Waals surface area (Å²) in [6, 6.07) is 32.7. The topological polar surface area (TPSA) is 9.23 Å². The van der Waals surface area contributed by atoms with Crippen LogP contribution in [0.3, 0.4) is 0 Å². The molecule has 1 heteroatoms. The maximum absolute atomic E-state index is 6.50. The van der Waals surface area contributed by atoms with Crippen molar-refractivity contribution in [1.82, 2.24) is 0 Å². The van der Waals surface area contributed by atoms with Crippen LogP contribution in [-0.4, -0.2) is 0 Å². The summed E-state index contributed by atoms with van der Waals surface area (Å²) in [6.45, 7) is 4.38. The lowest BCUT2D eigenvalue weighted by molar-refractivity contribution is 0.456. The fourth-order valence-corrected chi connectivity index (χ4v) is 4.87. The average molecular weight is 386 g/mol. The Morgan fingerprint density at radius 3 is 1.70 bits per heavy atom. The predicted octanol–water partition coefficient (Wildman–Crippen LogP) is 7.90. The molecular weight excluding hydrogens is 364 g/mol. The highest BCUT2D eigenvalue weighted by molar-refractivity contribution is 5.95. The van der Waals surface area contributed by atoms with Gasteiger partial charge in [0.1, 0.15) is 11.5 Å². The standard InChI is InChI=1S/C29H22O/c1-18-11-12-22(17-19(18)2)27-28-23-9-5-3-7-20(23)13-15-25(28)30-26-16-14-21-8-4-6-10-24(21)29(26)27/h3-17,27H,1-2H3. The Bertz CT molecular complexity index is 1360. The van der Waals surface area contributed by atoms with E-state index in [1.807, 2.05) is 0 Å². The van der Waals surface area contributed by atoms with Gasteiger partial charge in [-0.15, -0.1) is 0 Å². The van der Waals surface area contributed by atoms with Crippen molar-refractivity contribution >= 4 is 21.5 Å². The Labute approximate surface area is 176 Å². The maximum Gasteiger partial charge on any atom is 0.132 e. The first-order chi connectivity index (χ1) is 14.7. The third kappa shape index (κ3) is 2.48. The summed E-state index contributed by atoms with van der Waals surface area (Å²) in [5, 5.41) is 5.02. The van der Waals surface area contributed by atoms with Crippen molar-refractivity contribution in [2.45, 2.75) is 19.8 Å².